The minimum atomic E-state index is -0.117. The van der Waals surface area contributed by atoms with E-state index in [2.05, 4.69) is 20.7 Å². The smallest absolute Gasteiger partial charge is 0.254 e. The van der Waals surface area contributed by atoms with Gasteiger partial charge in [0.25, 0.3) is 5.91 Å². The van der Waals surface area contributed by atoms with E-state index in [9.17, 15) is 4.79 Å². The van der Waals surface area contributed by atoms with Gasteiger partial charge in [0.1, 0.15) is 0 Å². The van der Waals surface area contributed by atoms with Gasteiger partial charge in [-0.1, -0.05) is 31.2 Å². The zero-order valence-corrected chi connectivity index (χ0v) is 14.1. The Balaban J connectivity index is 1.61. The van der Waals surface area contributed by atoms with Crippen molar-refractivity contribution in [1.82, 2.24) is 20.1 Å². The quantitative estimate of drug-likeness (QED) is 0.651. The van der Waals surface area contributed by atoms with Crippen LogP contribution in [0.15, 0.2) is 60.9 Å². The topological polar surface area (TPSA) is 71.8 Å². The molecule has 1 amide bonds. The van der Waals surface area contributed by atoms with Crippen LogP contribution < -0.4 is 10.6 Å². The monoisotopic (exact) mass is 335 g/mol. The van der Waals surface area contributed by atoms with E-state index in [1.54, 1.807) is 17.1 Å². The van der Waals surface area contributed by atoms with Crippen LogP contribution in [-0.4, -0.2) is 33.8 Å². The van der Waals surface area contributed by atoms with E-state index < -0.39 is 0 Å². The molecule has 25 heavy (non-hydrogen) atoms. The number of aromatic nitrogens is 3. The second-order valence-electron chi connectivity index (χ2n) is 5.51. The van der Waals surface area contributed by atoms with E-state index in [4.69, 9.17) is 0 Å². The maximum Gasteiger partial charge on any atom is 0.254 e. The third-order valence-corrected chi connectivity index (χ3v) is 3.83. The summed E-state index contributed by atoms with van der Waals surface area (Å²) < 4.78 is 1.72. The first-order valence-electron chi connectivity index (χ1n) is 8.35. The molecule has 6 heteroatoms. The fourth-order valence-corrected chi connectivity index (χ4v) is 2.61. The summed E-state index contributed by atoms with van der Waals surface area (Å²) in [7, 11) is 0. The summed E-state index contributed by atoms with van der Waals surface area (Å²) in [6, 6.07) is 15.5. The van der Waals surface area contributed by atoms with Crippen LogP contribution in [0.25, 0.3) is 5.82 Å². The molecular weight excluding hydrogens is 314 g/mol. The normalized spacial score (nSPS) is 10.4. The zero-order chi connectivity index (χ0) is 17.5. The van der Waals surface area contributed by atoms with E-state index in [-0.39, 0.29) is 5.91 Å². The van der Waals surface area contributed by atoms with Crippen molar-refractivity contribution in [1.29, 1.82) is 0 Å². The average molecular weight is 335 g/mol. The summed E-state index contributed by atoms with van der Waals surface area (Å²) in [5.74, 6) is 0.595. The molecule has 0 saturated heterocycles. The molecule has 2 heterocycles. The Bertz CT molecular complexity index is 814. The lowest BCUT2D eigenvalue weighted by atomic mass is 10.2. The molecule has 0 spiro atoms. The Hall–Kier alpha value is -3.15. The molecule has 0 radical (unpaired) electrons. The largest absolute Gasteiger partial charge is 0.383 e. The highest BCUT2D eigenvalue weighted by Gasteiger charge is 2.17. The lowest BCUT2D eigenvalue weighted by Gasteiger charge is -2.09. The number of rotatable bonds is 7. The Labute approximate surface area is 146 Å². The standard InChI is InChI=1S/C19H21N5O/c1-2-17-16(14-23-24(17)18-10-6-7-11-21-18)19(25)22-13-12-20-15-8-4-3-5-9-15/h3-11,14,20H,2,12-13H2,1H3,(H,22,25). The third-order valence-electron chi connectivity index (χ3n) is 3.83. The molecule has 2 aromatic heterocycles. The molecule has 1 aromatic carbocycles. The van der Waals surface area contributed by atoms with Gasteiger partial charge in [0.2, 0.25) is 0 Å². The predicted molar refractivity (Wildman–Crippen MR) is 98.0 cm³/mol. The summed E-state index contributed by atoms with van der Waals surface area (Å²) in [5, 5.41) is 10.5. The van der Waals surface area contributed by atoms with Crippen LogP contribution >= 0.6 is 0 Å². The number of nitrogens with zero attached hydrogens (tertiary/aromatic N) is 3. The first-order valence-corrected chi connectivity index (χ1v) is 8.35. The van der Waals surface area contributed by atoms with Gasteiger partial charge >= 0.3 is 0 Å². The van der Waals surface area contributed by atoms with Crippen molar-refractivity contribution >= 4 is 11.6 Å². The van der Waals surface area contributed by atoms with Gasteiger partial charge < -0.3 is 10.6 Å². The maximum absolute atomic E-state index is 12.5. The lowest BCUT2D eigenvalue weighted by molar-refractivity contribution is 0.0954. The summed E-state index contributed by atoms with van der Waals surface area (Å²) in [5.41, 5.74) is 2.48. The Morgan fingerprint density at radius 2 is 1.88 bits per heavy atom. The van der Waals surface area contributed by atoms with Gasteiger partial charge in [-0.2, -0.15) is 5.10 Å². The van der Waals surface area contributed by atoms with Crippen LogP contribution in [0.3, 0.4) is 0 Å². The summed E-state index contributed by atoms with van der Waals surface area (Å²) in [4.78, 5) is 16.8. The van der Waals surface area contributed by atoms with Crippen molar-refractivity contribution in [3.8, 4) is 5.82 Å². The molecule has 0 saturated carbocycles. The number of amides is 1. The molecule has 3 aromatic rings. The van der Waals surface area contributed by atoms with Crippen LogP contribution in [0.4, 0.5) is 5.69 Å². The SMILES string of the molecule is CCc1c(C(=O)NCCNc2ccccc2)cnn1-c1ccccn1. The van der Waals surface area contributed by atoms with Crippen LogP contribution in [0.5, 0.6) is 0 Å². The van der Waals surface area contributed by atoms with Gasteiger partial charge in [0.05, 0.1) is 17.5 Å². The van der Waals surface area contributed by atoms with E-state index in [1.165, 1.54) is 0 Å². The Morgan fingerprint density at radius 3 is 2.60 bits per heavy atom. The van der Waals surface area contributed by atoms with Gasteiger partial charge in [-0.05, 0) is 30.7 Å². The number of pyridine rings is 1. The van der Waals surface area contributed by atoms with Gasteiger partial charge in [-0.3, -0.25) is 4.79 Å². The van der Waals surface area contributed by atoms with Crippen molar-refractivity contribution in [2.75, 3.05) is 18.4 Å². The molecule has 0 atom stereocenters. The number of hydrogen-bond donors (Lipinski definition) is 2. The molecule has 0 aliphatic rings. The van der Waals surface area contributed by atoms with E-state index in [0.717, 1.165) is 11.4 Å². The molecule has 6 nitrogen and oxygen atoms in total. The number of carbonyl (C=O) groups excluding carboxylic acids is 1. The Kier molecular flexibility index (Phi) is 5.41. The highest BCUT2D eigenvalue weighted by Crippen LogP contribution is 2.14. The van der Waals surface area contributed by atoms with Crippen LogP contribution in [-0.2, 0) is 6.42 Å². The minimum absolute atomic E-state index is 0.117. The zero-order valence-electron chi connectivity index (χ0n) is 14.1. The molecule has 2 N–H and O–H groups in total. The molecule has 0 unspecified atom stereocenters. The van der Waals surface area contributed by atoms with Crippen molar-refractivity contribution in [2.45, 2.75) is 13.3 Å². The second-order valence-corrected chi connectivity index (χ2v) is 5.51. The number of hydrogen-bond acceptors (Lipinski definition) is 4. The predicted octanol–water partition coefficient (Wildman–Crippen LogP) is 2.67. The van der Waals surface area contributed by atoms with Gasteiger partial charge in [-0.25, -0.2) is 9.67 Å². The van der Waals surface area contributed by atoms with Gasteiger partial charge in [0.15, 0.2) is 5.82 Å². The number of carbonyl (C=O) groups is 1. The Morgan fingerprint density at radius 1 is 1.08 bits per heavy atom. The first kappa shape index (κ1) is 16.7. The molecule has 3 rings (SSSR count). The van der Waals surface area contributed by atoms with Gasteiger partial charge in [0, 0.05) is 25.0 Å². The molecule has 0 aliphatic heterocycles. The molecule has 128 valence electrons. The molecule has 0 fully saturated rings. The molecular formula is C19H21N5O. The van der Waals surface area contributed by atoms with Crippen molar-refractivity contribution < 1.29 is 4.79 Å². The van der Waals surface area contributed by atoms with Crippen molar-refractivity contribution in [3.63, 3.8) is 0 Å². The van der Waals surface area contributed by atoms with Crippen LogP contribution in [0.2, 0.25) is 0 Å². The highest BCUT2D eigenvalue weighted by molar-refractivity contribution is 5.95. The number of anilines is 1. The fraction of sp³-hybridized carbons (Fsp3) is 0.211. The van der Waals surface area contributed by atoms with E-state index in [0.29, 0.717) is 30.9 Å². The summed E-state index contributed by atoms with van der Waals surface area (Å²) >= 11 is 0. The number of para-hydroxylation sites is 1. The number of nitrogens with one attached hydrogen (secondary N) is 2. The maximum atomic E-state index is 12.5. The third kappa shape index (κ3) is 4.03. The van der Waals surface area contributed by atoms with Crippen molar-refractivity contribution in [3.05, 3.63) is 72.2 Å². The lowest BCUT2D eigenvalue weighted by Crippen LogP contribution is -2.29. The van der Waals surface area contributed by atoms with E-state index in [1.807, 2.05) is 55.5 Å². The first-order chi connectivity index (χ1) is 12.3. The highest BCUT2D eigenvalue weighted by atomic mass is 16.1. The van der Waals surface area contributed by atoms with Gasteiger partial charge in [-0.15, -0.1) is 0 Å². The number of benzene rings is 1. The van der Waals surface area contributed by atoms with Crippen molar-refractivity contribution in [2.24, 2.45) is 0 Å². The fourth-order valence-electron chi connectivity index (χ4n) is 2.61. The average Bonchev–Trinajstić information content (AvgIpc) is 3.11. The van der Waals surface area contributed by atoms with Crippen LogP contribution in [0, 0.1) is 0 Å². The van der Waals surface area contributed by atoms with Crippen LogP contribution in [0.1, 0.15) is 23.0 Å². The molecule has 0 aliphatic carbocycles. The summed E-state index contributed by atoms with van der Waals surface area (Å²) in [6.45, 7) is 3.20. The summed E-state index contributed by atoms with van der Waals surface area (Å²) in [6.07, 6.45) is 4.01. The van der Waals surface area contributed by atoms with E-state index >= 15 is 0 Å². The molecule has 0 bridgehead atoms. The second kappa shape index (κ2) is 8.10. The minimum Gasteiger partial charge on any atom is -0.383 e.